The highest BCUT2D eigenvalue weighted by atomic mass is 15.1. The van der Waals surface area contributed by atoms with E-state index < -0.39 is 5.41 Å². The van der Waals surface area contributed by atoms with Crippen LogP contribution in [-0.2, 0) is 10.8 Å². The molecule has 0 N–H and O–H groups in total. The highest BCUT2D eigenvalue weighted by Crippen LogP contribution is 2.62. The maximum Gasteiger partial charge on any atom is 0.0719 e. The first-order chi connectivity index (χ1) is 26.0. The van der Waals surface area contributed by atoms with Crippen LogP contribution in [0.25, 0.3) is 33.4 Å². The second-order valence-electron chi connectivity index (χ2n) is 14.9. The van der Waals surface area contributed by atoms with Gasteiger partial charge in [-0.05, 0) is 103 Å². The van der Waals surface area contributed by atoms with Crippen LogP contribution in [0.2, 0.25) is 0 Å². The Kier molecular flexibility index (Phi) is 7.13. The van der Waals surface area contributed by atoms with Gasteiger partial charge in [-0.25, -0.2) is 0 Å². The van der Waals surface area contributed by atoms with Crippen molar-refractivity contribution >= 4 is 17.1 Å². The molecule has 0 heterocycles. The minimum atomic E-state index is -0.410. The summed E-state index contributed by atoms with van der Waals surface area (Å²) in [4.78, 5) is 2.41. The Morgan fingerprint density at radius 1 is 0.302 bits per heavy atom. The zero-order chi connectivity index (χ0) is 35.6. The number of anilines is 3. The molecule has 8 aromatic rings. The molecule has 252 valence electrons. The molecule has 2 aliphatic rings. The van der Waals surface area contributed by atoms with Crippen LogP contribution in [0.1, 0.15) is 47.2 Å². The van der Waals surface area contributed by atoms with Gasteiger partial charge in [0, 0.05) is 22.5 Å². The second kappa shape index (κ2) is 12.1. The lowest BCUT2D eigenvalue weighted by Gasteiger charge is -2.46. The fourth-order valence-corrected chi connectivity index (χ4v) is 9.31. The molecular formula is C52H39N. The van der Waals surface area contributed by atoms with E-state index in [1.54, 1.807) is 0 Å². The Balaban J connectivity index is 1.18. The van der Waals surface area contributed by atoms with Crippen molar-refractivity contribution < 1.29 is 0 Å². The van der Waals surface area contributed by atoms with E-state index >= 15 is 0 Å². The van der Waals surface area contributed by atoms with Gasteiger partial charge in [-0.1, -0.05) is 178 Å². The fourth-order valence-electron chi connectivity index (χ4n) is 9.31. The predicted octanol–water partition coefficient (Wildman–Crippen LogP) is 13.5. The maximum atomic E-state index is 2.43. The zero-order valence-corrected chi connectivity index (χ0v) is 30.0. The Hall–Kier alpha value is -6.44. The lowest BCUT2D eigenvalue weighted by Crippen LogP contribution is -2.40. The number of benzene rings is 8. The van der Waals surface area contributed by atoms with E-state index in [1.807, 2.05) is 0 Å². The smallest absolute Gasteiger partial charge is 0.0719 e. The Morgan fingerprint density at radius 2 is 0.679 bits per heavy atom. The van der Waals surface area contributed by atoms with Crippen LogP contribution in [0.5, 0.6) is 0 Å². The van der Waals surface area contributed by atoms with Gasteiger partial charge >= 0.3 is 0 Å². The summed E-state index contributed by atoms with van der Waals surface area (Å²) in [6.07, 6.45) is 0. The molecule has 8 aromatic carbocycles. The molecule has 0 saturated carbocycles. The molecule has 1 spiro atoms. The van der Waals surface area contributed by atoms with Crippen molar-refractivity contribution in [3.05, 3.63) is 234 Å². The van der Waals surface area contributed by atoms with Crippen LogP contribution in [0.3, 0.4) is 0 Å². The minimum absolute atomic E-state index is 0.120. The van der Waals surface area contributed by atoms with Crippen molar-refractivity contribution in [1.82, 2.24) is 0 Å². The molecule has 0 bridgehead atoms. The van der Waals surface area contributed by atoms with E-state index in [0.29, 0.717) is 0 Å². The molecule has 0 saturated heterocycles. The summed E-state index contributed by atoms with van der Waals surface area (Å²) in [5, 5.41) is 0. The van der Waals surface area contributed by atoms with Gasteiger partial charge in [0.1, 0.15) is 0 Å². The monoisotopic (exact) mass is 677 g/mol. The Labute approximate surface area is 312 Å². The Bertz CT molecular complexity index is 2480. The van der Waals surface area contributed by atoms with Gasteiger partial charge in [-0.3, -0.25) is 0 Å². The summed E-state index contributed by atoms with van der Waals surface area (Å²) in [7, 11) is 0. The summed E-state index contributed by atoms with van der Waals surface area (Å²) < 4.78 is 0. The summed E-state index contributed by atoms with van der Waals surface area (Å²) >= 11 is 0. The average Bonchev–Trinajstić information content (AvgIpc) is 3.52. The molecule has 0 aromatic heterocycles. The summed E-state index contributed by atoms with van der Waals surface area (Å²) in [6.45, 7) is 4.76. The van der Waals surface area contributed by atoms with Crippen molar-refractivity contribution in [2.24, 2.45) is 0 Å². The summed E-state index contributed by atoms with van der Waals surface area (Å²) in [6, 6.07) is 73.8. The first kappa shape index (κ1) is 31.3. The first-order valence-corrected chi connectivity index (χ1v) is 18.6. The normalized spacial score (nSPS) is 14.2. The Morgan fingerprint density at radius 3 is 1.19 bits per heavy atom. The van der Waals surface area contributed by atoms with E-state index in [2.05, 4.69) is 219 Å². The van der Waals surface area contributed by atoms with Crippen molar-refractivity contribution in [3.8, 4) is 33.4 Å². The fraction of sp³-hybridized carbons (Fsp3) is 0.0769. The van der Waals surface area contributed by atoms with Gasteiger partial charge in [0.25, 0.3) is 0 Å². The predicted molar refractivity (Wildman–Crippen MR) is 221 cm³/mol. The summed E-state index contributed by atoms with van der Waals surface area (Å²) in [5.41, 5.74) is 18.5. The maximum absolute atomic E-state index is 2.43. The molecule has 0 fully saturated rings. The molecular weight excluding hydrogens is 639 g/mol. The third-order valence-corrected chi connectivity index (χ3v) is 11.8. The van der Waals surface area contributed by atoms with Gasteiger partial charge < -0.3 is 4.90 Å². The number of fused-ring (bicyclic) bond motifs is 9. The quantitative estimate of drug-likeness (QED) is 0.175. The molecule has 10 rings (SSSR count). The van der Waals surface area contributed by atoms with Gasteiger partial charge in [-0.2, -0.15) is 0 Å². The molecule has 0 radical (unpaired) electrons. The van der Waals surface area contributed by atoms with Gasteiger partial charge in [-0.15, -0.1) is 0 Å². The molecule has 2 aliphatic carbocycles. The molecule has 1 heteroatoms. The van der Waals surface area contributed by atoms with Crippen LogP contribution in [-0.4, -0.2) is 0 Å². The summed E-state index contributed by atoms with van der Waals surface area (Å²) in [5.74, 6) is 0. The SMILES string of the molecule is CC1(C)c2ccccc2C2(c3ccccc3-c3cc(N(c4ccc(-c5ccccc5)cc4)c4ccc(-c5ccccc5)cc4)ccc32)c2ccccc21. The van der Waals surface area contributed by atoms with E-state index in [-0.39, 0.29) is 5.41 Å². The van der Waals surface area contributed by atoms with Crippen LogP contribution in [0.4, 0.5) is 17.1 Å². The van der Waals surface area contributed by atoms with Crippen molar-refractivity contribution in [2.45, 2.75) is 24.7 Å². The van der Waals surface area contributed by atoms with Crippen LogP contribution >= 0.6 is 0 Å². The molecule has 0 unspecified atom stereocenters. The minimum Gasteiger partial charge on any atom is -0.310 e. The van der Waals surface area contributed by atoms with Crippen LogP contribution < -0.4 is 4.90 Å². The molecule has 53 heavy (non-hydrogen) atoms. The lowest BCUT2D eigenvalue weighted by molar-refractivity contribution is 0.563. The van der Waals surface area contributed by atoms with Crippen molar-refractivity contribution in [2.75, 3.05) is 4.90 Å². The second-order valence-corrected chi connectivity index (χ2v) is 14.9. The van der Waals surface area contributed by atoms with Gasteiger partial charge in [0.2, 0.25) is 0 Å². The van der Waals surface area contributed by atoms with Crippen LogP contribution in [0.15, 0.2) is 200 Å². The molecule has 0 amide bonds. The van der Waals surface area contributed by atoms with E-state index in [0.717, 1.165) is 17.1 Å². The third-order valence-electron chi connectivity index (χ3n) is 11.8. The lowest BCUT2D eigenvalue weighted by atomic mass is 9.55. The number of hydrogen-bond donors (Lipinski definition) is 0. The van der Waals surface area contributed by atoms with Gasteiger partial charge in [0.05, 0.1) is 5.41 Å². The number of rotatable bonds is 5. The third kappa shape index (κ3) is 4.70. The zero-order valence-electron chi connectivity index (χ0n) is 30.0. The first-order valence-electron chi connectivity index (χ1n) is 18.6. The van der Waals surface area contributed by atoms with Crippen LogP contribution in [0, 0.1) is 0 Å². The van der Waals surface area contributed by atoms with E-state index in [9.17, 15) is 0 Å². The molecule has 0 atom stereocenters. The number of nitrogens with zero attached hydrogens (tertiary/aromatic N) is 1. The average molecular weight is 678 g/mol. The number of hydrogen-bond acceptors (Lipinski definition) is 1. The largest absolute Gasteiger partial charge is 0.310 e. The molecule has 0 aliphatic heterocycles. The van der Waals surface area contributed by atoms with Crippen molar-refractivity contribution in [1.29, 1.82) is 0 Å². The van der Waals surface area contributed by atoms with E-state index in [1.165, 1.54) is 66.8 Å². The highest BCUT2D eigenvalue weighted by Gasteiger charge is 2.53. The van der Waals surface area contributed by atoms with Gasteiger partial charge in [0.15, 0.2) is 0 Å². The van der Waals surface area contributed by atoms with Crippen molar-refractivity contribution in [3.63, 3.8) is 0 Å². The standard InChI is InChI=1S/C52H39N/c1-51(2)47-21-11-13-23-49(47)52(50-24-14-12-22-48(50)51)45-20-10-9-19-43(45)44-35-42(33-34-46(44)52)53(40-29-25-38(26-30-40)36-15-5-3-6-16-36)41-31-27-39(28-32-41)37-17-7-4-8-18-37/h3-35H,1-2H3. The highest BCUT2D eigenvalue weighted by molar-refractivity contribution is 5.92. The topological polar surface area (TPSA) is 3.24 Å². The molecule has 1 nitrogen and oxygen atoms in total. The van der Waals surface area contributed by atoms with E-state index in [4.69, 9.17) is 0 Å².